The molecule has 30 heavy (non-hydrogen) atoms. The van der Waals surface area contributed by atoms with Crippen molar-refractivity contribution in [3.8, 4) is 0 Å². The number of hydrogen-bond acceptors (Lipinski definition) is 6. The molecule has 1 spiro atoms. The molecule has 0 radical (unpaired) electrons. The van der Waals surface area contributed by atoms with Crippen LogP contribution in [0.5, 0.6) is 0 Å². The van der Waals surface area contributed by atoms with Gasteiger partial charge in [-0.3, -0.25) is 0 Å². The van der Waals surface area contributed by atoms with Gasteiger partial charge in [0.05, 0.1) is 12.2 Å². The number of carboxylic acids is 1. The zero-order valence-electron chi connectivity index (χ0n) is 17.7. The summed E-state index contributed by atoms with van der Waals surface area (Å²) in [6, 6.07) is 6.81. The largest absolute Gasteiger partial charge is 0.478 e. The highest BCUT2D eigenvalue weighted by molar-refractivity contribution is 5.87. The van der Waals surface area contributed by atoms with Crippen molar-refractivity contribution >= 4 is 5.97 Å². The number of ether oxygens (including phenoxy) is 3. The number of carbonyl (C=O) groups is 1. The summed E-state index contributed by atoms with van der Waals surface area (Å²) in [6.07, 6.45) is 2.92. The first kappa shape index (κ1) is 20.4. The third-order valence-electron chi connectivity index (χ3n) is 7.69. The fourth-order valence-corrected chi connectivity index (χ4v) is 6.04. The molecule has 4 heterocycles. The molecule has 0 unspecified atom stereocenters. The van der Waals surface area contributed by atoms with Gasteiger partial charge in [0.15, 0.2) is 18.2 Å². The molecule has 1 N–H and O–H groups in total. The Morgan fingerprint density at radius 1 is 1.20 bits per heavy atom. The second-order valence-electron chi connectivity index (χ2n) is 9.59. The Balaban J connectivity index is 1.39. The summed E-state index contributed by atoms with van der Waals surface area (Å²) in [4.78, 5) is 23.2. The summed E-state index contributed by atoms with van der Waals surface area (Å²) in [5, 5.41) is 9.22. The lowest BCUT2D eigenvalue weighted by Crippen LogP contribution is -2.70. The van der Waals surface area contributed by atoms with E-state index in [1.54, 1.807) is 18.2 Å². The van der Waals surface area contributed by atoms with E-state index < -0.39 is 29.9 Å². The Bertz CT molecular complexity index is 828. The molecule has 0 amide bonds. The van der Waals surface area contributed by atoms with Crippen molar-refractivity contribution in [2.24, 2.45) is 23.7 Å². The van der Waals surface area contributed by atoms with E-state index in [2.05, 4.69) is 13.8 Å². The average molecular weight is 418 g/mol. The zero-order chi connectivity index (χ0) is 21.1. The molecule has 8 atom stereocenters. The van der Waals surface area contributed by atoms with Crippen molar-refractivity contribution in [2.75, 3.05) is 0 Å². The van der Waals surface area contributed by atoms with E-state index in [0.717, 1.165) is 31.2 Å². The first-order chi connectivity index (χ1) is 14.3. The maximum absolute atomic E-state index is 11.2. The minimum atomic E-state index is -0.947. The van der Waals surface area contributed by atoms with Gasteiger partial charge >= 0.3 is 5.97 Å². The van der Waals surface area contributed by atoms with Crippen LogP contribution in [0.3, 0.4) is 0 Å². The first-order valence-electron chi connectivity index (χ1n) is 11.0. The molecule has 6 rings (SSSR count). The minimum Gasteiger partial charge on any atom is -0.478 e. The van der Waals surface area contributed by atoms with Crippen LogP contribution in [-0.4, -0.2) is 35.0 Å². The maximum Gasteiger partial charge on any atom is 0.335 e. The van der Waals surface area contributed by atoms with Crippen molar-refractivity contribution in [3.63, 3.8) is 0 Å². The second kappa shape index (κ2) is 7.28. The highest BCUT2D eigenvalue weighted by Crippen LogP contribution is 2.60. The summed E-state index contributed by atoms with van der Waals surface area (Å²) in [7, 11) is 0. The molecular formula is C23H30O7. The molecule has 4 aliphatic heterocycles. The molecule has 4 saturated heterocycles. The number of aromatic carboxylic acids is 1. The van der Waals surface area contributed by atoms with Gasteiger partial charge in [-0.1, -0.05) is 26.0 Å². The van der Waals surface area contributed by atoms with Crippen LogP contribution in [0.15, 0.2) is 24.3 Å². The molecule has 2 bridgehead atoms. The summed E-state index contributed by atoms with van der Waals surface area (Å²) in [5.74, 6) is -0.622. The predicted molar refractivity (Wildman–Crippen MR) is 105 cm³/mol. The Labute approximate surface area is 176 Å². The van der Waals surface area contributed by atoms with Crippen LogP contribution in [0.2, 0.25) is 0 Å². The Morgan fingerprint density at radius 3 is 2.83 bits per heavy atom. The summed E-state index contributed by atoms with van der Waals surface area (Å²) in [6.45, 7) is 6.62. The molecule has 1 aliphatic carbocycles. The minimum absolute atomic E-state index is 0.0913. The molecule has 7 nitrogen and oxygen atoms in total. The van der Waals surface area contributed by atoms with Gasteiger partial charge in [-0.15, -0.1) is 0 Å². The molecule has 5 aliphatic rings. The van der Waals surface area contributed by atoms with Gasteiger partial charge in [0.1, 0.15) is 0 Å². The average Bonchev–Trinajstić information content (AvgIpc) is 2.96. The van der Waals surface area contributed by atoms with Crippen molar-refractivity contribution in [1.29, 1.82) is 0 Å². The Hall–Kier alpha value is -1.51. The van der Waals surface area contributed by atoms with E-state index >= 15 is 0 Å². The number of benzene rings is 1. The van der Waals surface area contributed by atoms with Crippen LogP contribution in [-0.2, 0) is 30.6 Å². The van der Waals surface area contributed by atoms with E-state index in [4.69, 9.17) is 24.0 Å². The van der Waals surface area contributed by atoms with Gasteiger partial charge < -0.3 is 19.3 Å². The first-order valence-corrected chi connectivity index (χ1v) is 11.0. The van der Waals surface area contributed by atoms with Crippen LogP contribution in [0.4, 0.5) is 0 Å². The lowest BCUT2D eigenvalue weighted by molar-refractivity contribution is -0.577. The van der Waals surface area contributed by atoms with Crippen molar-refractivity contribution in [1.82, 2.24) is 0 Å². The number of fused-ring (bicyclic) bond motifs is 2. The number of hydrogen-bond donors (Lipinski definition) is 1. The lowest BCUT2D eigenvalue weighted by Gasteiger charge is -2.60. The number of carboxylic acid groups (broad SMARTS) is 1. The predicted octanol–water partition coefficient (Wildman–Crippen LogP) is 4.11. The van der Waals surface area contributed by atoms with Gasteiger partial charge in [0, 0.05) is 18.3 Å². The Morgan fingerprint density at radius 2 is 2.03 bits per heavy atom. The molecular weight excluding hydrogens is 388 g/mol. The van der Waals surface area contributed by atoms with Crippen LogP contribution in [0.1, 0.15) is 62.4 Å². The maximum atomic E-state index is 11.2. The third-order valence-corrected chi connectivity index (χ3v) is 7.69. The normalized spacial score (nSPS) is 44.9. The van der Waals surface area contributed by atoms with E-state index in [1.165, 1.54) is 0 Å². The fourth-order valence-electron chi connectivity index (χ4n) is 6.04. The Kier molecular flexibility index (Phi) is 4.95. The summed E-state index contributed by atoms with van der Waals surface area (Å²) >= 11 is 0. The van der Waals surface area contributed by atoms with Crippen LogP contribution in [0, 0.1) is 23.7 Å². The standard InChI is InChI=1S/C23H30O7/c1-13-7-8-18-14(2)20(26-12-15-5-4-6-16(11-15)19(24)25)27-21-23(18)17(13)9-10-22(3,28-21)29-30-23/h4-6,11,13-14,17-18,20-21H,7-10,12H2,1-3H3,(H,24,25)/t13-,14-,17+,18+,20-,21-,22-,23-/m1/s1. The van der Waals surface area contributed by atoms with Crippen molar-refractivity contribution < 1.29 is 33.9 Å². The summed E-state index contributed by atoms with van der Waals surface area (Å²) < 4.78 is 18.9. The van der Waals surface area contributed by atoms with E-state index in [0.29, 0.717) is 11.8 Å². The highest BCUT2D eigenvalue weighted by Gasteiger charge is 2.69. The zero-order valence-corrected chi connectivity index (χ0v) is 17.7. The quantitative estimate of drug-likeness (QED) is 0.737. The van der Waals surface area contributed by atoms with Crippen molar-refractivity contribution in [3.05, 3.63) is 35.4 Å². The van der Waals surface area contributed by atoms with Crippen LogP contribution >= 0.6 is 0 Å². The SMILES string of the molecule is C[C@H]1[C@H](OCc2cccc(C(=O)O)c2)O[C@@H]2O[C@@]3(C)CC[C@H]4[C@H](C)CC[C@@H]1[C@@]24OO3. The highest BCUT2D eigenvalue weighted by atomic mass is 17.3. The fraction of sp³-hybridized carbons (Fsp3) is 0.696. The molecule has 1 aromatic rings. The van der Waals surface area contributed by atoms with Gasteiger partial charge in [-0.05, 0) is 55.7 Å². The van der Waals surface area contributed by atoms with E-state index in [9.17, 15) is 9.90 Å². The molecule has 1 saturated carbocycles. The molecule has 0 aromatic heterocycles. The number of rotatable bonds is 4. The summed E-state index contributed by atoms with van der Waals surface area (Å²) in [5.41, 5.74) is 0.451. The van der Waals surface area contributed by atoms with E-state index in [-0.39, 0.29) is 24.0 Å². The molecule has 164 valence electrons. The van der Waals surface area contributed by atoms with Gasteiger partial charge in [-0.25, -0.2) is 14.6 Å². The van der Waals surface area contributed by atoms with Crippen molar-refractivity contribution in [2.45, 2.75) is 77.0 Å². The van der Waals surface area contributed by atoms with Gasteiger partial charge in [-0.2, -0.15) is 0 Å². The smallest absolute Gasteiger partial charge is 0.335 e. The van der Waals surface area contributed by atoms with Crippen LogP contribution < -0.4 is 0 Å². The monoisotopic (exact) mass is 418 g/mol. The molecule has 1 aromatic carbocycles. The molecule has 7 heteroatoms. The third kappa shape index (κ3) is 3.10. The van der Waals surface area contributed by atoms with E-state index in [1.807, 2.05) is 13.0 Å². The lowest BCUT2D eigenvalue weighted by atomic mass is 9.58. The van der Waals surface area contributed by atoms with Gasteiger partial charge in [0.2, 0.25) is 5.79 Å². The topological polar surface area (TPSA) is 83.5 Å². The van der Waals surface area contributed by atoms with Gasteiger partial charge in [0.25, 0.3) is 0 Å². The second-order valence-corrected chi connectivity index (χ2v) is 9.59. The van der Waals surface area contributed by atoms with Crippen LogP contribution in [0.25, 0.3) is 0 Å². The molecule has 5 fully saturated rings.